The number of hydrogen-bond donors (Lipinski definition) is 2. The van der Waals surface area contributed by atoms with Gasteiger partial charge >= 0.3 is 0 Å². The number of hydrogen-bond acceptors (Lipinski definition) is 3. The number of aliphatic hydroxyl groups excluding tert-OH is 1. The Bertz CT molecular complexity index is 378. The highest BCUT2D eigenvalue weighted by Gasteiger charge is 2.23. The van der Waals surface area contributed by atoms with E-state index in [-0.39, 0.29) is 11.5 Å². The van der Waals surface area contributed by atoms with Gasteiger partial charge in [0.05, 0.1) is 12.4 Å². The second-order valence-corrected chi connectivity index (χ2v) is 6.57. The molecule has 18 heavy (non-hydrogen) atoms. The molecule has 1 aliphatic carbocycles. The Balaban J connectivity index is 1.85. The summed E-state index contributed by atoms with van der Waals surface area (Å²) in [5, 5.41) is 13.5. The highest BCUT2D eigenvalue weighted by molar-refractivity contribution is 5.23. The third kappa shape index (κ3) is 3.59. The van der Waals surface area contributed by atoms with Crippen LogP contribution in [-0.4, -0.2) is 17.8 Å². The molecule has 2 atom stereocenters. The lowest BCUT2D eigenvalue weighted by Crippen LogP contribution is -2.33. The number of nitrogens with one attached hydrogen (secondary N) is 1. The molecular formula is C15H25NO2. The Labute approximate surface area is 110 Å². The monoisotopic (exact) mass is 251 g/mol. The van der Waals surface area contributed by atoms with E-state index in [4.69, 9.17) is 4.42 Å². The van der Waals surface area contributed by atoms with E-state index in [0.29, 0.717) is 12.6 Å². The molecule has 1 aliphatic rings. The first-order valence-electron chi connectivity index (χ1n) is 6.93. The topological polar surface area (TPSA) is 45.4 Å². The normalized spacial score (nSPS) is 21.7. The first kappa shape index (κ1) is 13.6. The molecule has 0 aliphatic heterocycles. The van der Waals surface area contributed by atoms with Crippen molar-refractivity contribution in [1.82, 2.24) is 5.32 Å². The molecule has 1 aromatic rings. The van der Waals surface area contributed by atoms with Crippen molar-refractivity contribution in [3.8, 4) is 0 Å². The zero-order chi connectivity index (χ0) is 13.2. The van der Waals surface area contributed by atoms with Crippen LogP contribution in [-0.2, 0) is 6.42 Å². The molecule has 0 saturated heterocycles. The predicted molar refractivity (Wildman–Crippen MR) is 72.5 cm³/mol. The van der Waals surface area contributed by atoms with Gasteiger partial charge in [-0.3, -0.25) is 0 Å². The second-order valence-electron chi connectivity index (χ2n) is 6.57. The molecule has 0 aromatic carbocycles. The minimum Gasteiger partial charge on any atom is -0.469 e. The molecule has 0 amide bonds. The molecule has 1 heterocycles. The SMILES string of the molecule is CC(C)(C)CC(O)CNC1CCCc2occc21. The van der Waals surface area contributed by atoms with Gasteiger partial charge in [0.15, 0.2) is 0 Å². The van der Waals surface area contributed by atoms with Crippen LogP contribution in [0.5, 0.6) is 0 Å². The van der Waals surface area contributed by atoms with E-state index in [1.165, 1.54) is 5.56 Å². The Morgan fingerprint density at radius 1 is 1.50 bits per heavy atom. The lowest BCUT2D eigenvalue weighted by Gasteiger charge is -2.27. The smallest absolute Gasteiger partial charge is 0.108 e. The summed E-state index contributed by atoms with van der Waals surface area (Å²) in [5.74, 6) is 1.11. The van der Waals surface area contributed by atoms with Crippen molar-refractivity contribution in [2.24, 2.45) is 5.41 Å². The van der Waals surface area contributed by atoms with Gasteiger partial charge in [-0.2, -0.15) is 0 Å². The van der Waals surface area contributed by atoms with Crippen molar-refractivity contribution in [3.63, 3.8) is 0 Å². The predicted octanol–water partition coefficient (Wildman–Crippen LogP) is 3.04. The maximum Gasteiger partial charge on any atom is 0.108 e. The van der Waals surface area contributed by atoms with Gasteiger partial charge in [-0.25, -0.2) is 0 Å². The average molecular weight is 251 g/mol. The van der Waals surface area contributed by atoms with Gasteiger partial charge < -0.3 is 14.8 Å². The summed E-state index contributed by atoms with van der Waals surface area (Å²) in [5.41, 5.74) is 1.46. The molecule has 0 spiro atoms. The minimum atomic E-state index is -0.276. The van der Waals surface area contributed by atoms with E-state index in [2.05, 4.69) is 32.2 Å². The zero-order valence-corrected chi connectivity index (χ0v) is 11.7. The van der Waals surface area contributed by atoms with Crippen LogP contribution < -0.4 is 5.32 Å². The van der Waals surface area contributed by atoms with Gasteiger partial charge in [-0.1, -0.05) is 20.8 Å². The van der Waals surface area contributed by atoms with Gasteiger partial charge in [0.2, 0.25) is 0 Å². The third-order valence-electron chi connectivity index (χ3n) is 3.50. The zero-order valence-electron chi connectivity index (χ0n) is 11.7. The van der Waals surface area contributed by atoms with Crippen LogP contribution in [0.2, 0.25) is 0 Å². The number of aliphatic hydroxyl groups is 1. The van der Waals surface area contributed by atoms with Crippen LogP contribution in [0.15, 0.2) is 16.7 Å². The standard InChI is InChI=1S/C15H25NO2/c1-15(2,3)9-11(17)10-16-13-5-4-6-14-12(13)7-8-18-14/h7-8,11,13,16-17H,4-6,9-10H2,1-3H3. The van der Waals surface area contributed by atoms with Crippen molar-refractivity contribution < 1.29 is 9.52 Å². The van der Waals surface area contributed by atoms with Crippen molar-refractivity contribution in [3.05, 3.63) is 23.7 Å². The fraction of sp³-hybridized carbons (Fsp3) is 0.733. The fourth-order valence-electron chi connectivity index (χ4n) is 2.76. The van der Waals surface area contributed by atoms with Gasteiger partial charge in [-0.15, -0.1) is 0 Å². The van der Waals surface area contributed by atoms with E-state index >= 15 is 0 Å². The number of rotatable bonds is 4. The Morgan fingerprint density at radius 2 is 2.28 bits per heavy atom. The third-order valence-corrected chi connectivity index (χ3v) is 3.50. The number of fused-ring (bicyclic) bond motifs is 1. The van der Waals surface area contributed by atoms with E-state index < -0.39 is 0 Å². The molecule has 1 aromatic heterocycles. The molecule has 2 unspecified atom stereocenters. The van der Waals surface area contributed by atoms with Crippen LogP contribution in [0, 0.1) is 5.41 Å². The summed E-state index contributed by atoms with van der Waals surface area (Å²) < 4.78 is 5.47. The molecule has 0 saturated carbocycles. The van der Waals surface area contributed by atoms with Crippen molar-refractivity contribution in [2.45, 2.75) is 58.6 Å². The van der Waals surface area contributed by atoms with Gasteiger partial charge in [0, 0.05) is 24.6 Å². The molecule has 0 radical (unpaired) electrons. The largest absolute Gasteiger partial charge is 0.469 e. The van der Waals surface area contributed by atoms with Crippen LogP contribution >= 0.6 is 0 Å². The van der Waals surface area contributed by atoms with Gasteiger partial charge in [0.25, 0.3) is 0 Å². The van der Waals surface area contributed by atoms with Crippen molar-refractivity contribution in [2.75, 3.05) is 6.54 Å². The van der Waals surface area contributed by atoms with Crippen LogP contribution in [0.25, 0.3) is 0 Å². The molecule has 102 valence electrons. The van der Waals surface area contributed by atoms with Crippen LogP contribution in [0.1, 0.15) is 57.4 Å². The summed E-state index contributed by atoms with van der Waals surface area (Å²) in [7, 11) is 0. The minimum absolute atomic E-state index is 0.175. The Hall–Kier alpha value is -0.800. The molecular weight excluding hydrogens is 226 g/mol. The molecule has 3 heteroatoms. The highest BCUT2D eigenvalue weighted by Crippen LogP contribution is 2.30. The Morgan fingerprint density at radius 3 is 3.00 bits per heavy atom. The van der Waals surface area contributed by atoms with Gasteiger partial charge in [0.1, 0.15) is 5.76 Å². The summed E-state index contributed by atoms with van der Waals surface area (Å²) in [4.78, 5) is 0. The van der Waals surface area contributed by atoms with Gasteiger partial charge in [-0.05, 0) is 30.7 Å². The maximum atomic E-state index is 10.0. The van der Waals surface area contributed by atoms with Crippen molar-refractivity contribution in [1.29, 1.82) is 0 Å². The van der Waals surface area contributed by atoms with Crippen LogP contribution in [0.4, 0.5) is 0 Å². The lowest BCUT2D eigenvalue weighted by molar-refractivity contribution is 0.115. The summed E-state index contributed by atoms with van der Waals surface area (Å²) >= 11 is 0. The molecule has 0 bridgehead atoms. The Kier molecular flexibility index (Phi) is 4.13. The van der Waals surface area contributed by atoms with Crippen LogP contribution in [0.3, 0.4) is 0 Å². The molecule has 3 nitrogen and oxygen atoms in total. The quantitative estimate of drug-likeness (QED) is 0.864. The average Bonchev–Trinajstić information content (AvgIpc) is 2.72. The fourth-order valence-corrected chi connectivity index (χ4v) is 2.76. The lowest BCUT2D eigenvalue weighted by atomic mass is 9.88. The van der Waals surface area contributed by atoms with E-state index in [9.17, 15) is 5.11 Å². The first-order valence-corrected chi connectivity index (χ1v) is 6.93. The maximum absolute atomic E-state index is 10.0. The molecule has 2 rings (SSSR count). The van der Waals surface area contributed by atoms with E-state index in [1.54, 1.807) is 6.26 Å². The second kappa shape index (κ2) is 5.45. The van der Waals surface area contributed by atoms with Crippen molar-refractivity contribution >= 4 is 0 Å². The highest BCUT2D eigenvalue weighted by atomic mass is 16.3. The summed E-state index contributed by atoms with van der Waals surface area (Å²) in [6, 6.07) is 2.41. The van der Waals surface area contributed by atoms with E-state index in [0.717, 1.165) is 31.4 Å². The first-order chi connectivity index (χ1) is 8.46. The number of furan rings is 1. The summed E-state index contributed by atoms with van der Waals surface area (Å²) in [6.45, 7) is 7.13. The molecule has 0 fully saturated rings. The summed E-state index contributed by atoms with van der Waals surface area (Å²) in [6.07, 6.45) is 5.66. The molecule has 2 N–H and O–H groups in total. The van der Waals surface area contributed by atoms with E-state index in [1.807, 2.05) is 0 Å². The number of aryl methyl sites for hydroxylation is 1.